The Morgan fingerprint density at radius 3 is 2.69 bits per heavy atom. The van der Waals surface area contributed by atoms with Crippen LogP contribution in [0.3, 0.4) is 0 Å². The number of phenols is 1. The Bertz CT molecular complexity index is 362. The number of likely N-dealkylation sites (tertiary alicyclic amines) is 1. The molecule has 0 saturated carbocycles. The Kier molecular flexibility index (Phi) is 3.41. The summed E-state index contributed by atoms with van der Waals surface area (Å²) in [5.41, 5.74) is 6.71. The number of nitrogens with two attached hydrogens (primary N) is 1. The molecule has 4 heteroatoms. The zero-order valence-electron chi connectivity index (χ0n) is 9.19. The van der Waals surface area contributed by atoms with Crippen LogP contribution < -0.4 is 5.73 Å². The molecule has 16 heavy (non-hydrogen) atoms. The van der Waals surface area contributed by atoms with Crippen molar-refractivity contribution in [1.82, 2.24) is 4.90 Å². The van der Waals surface area contributed by atoms with Crippen molar-refractivity contribution < 1.29 is 9.50 Å². The maximum atomic E-state index is 13.1. The van der Waals surface area contributed by atoms with Gasteiger partial charge in [0.1, 0.15) is 0 Å². The minimum atomic E-state index is -0.550. The molecule has 0 radical (unpaired) electrons. The van der Waals surface area contributed by atoms with Crippen LogP contribution in [-0.2, 0) is 6.54 Å². The van der Waals surface area contributed by atoms with E-state index in [1.165, 1.54) is 12.1 Å². The summed E-state index contributed by atoms with van der Waals surface area (Å²) in [5.74, 6) is -0.837. The molecule has 0 aromatic heterocycles. The van der Waals surface area contributed by atoms with Gasteiger partial charge in [0.2, 0.25) is 0 Å². The molecule has 3 N–H and O–H groups in total. The fourth-order valence-corrected chi connectivity index (χ4v) is 2.02. The number of phenolic OH excluding ortho intramolecular Hbond substituents is 1. The van der Waals surface area contributed by atoms with E-state index in [9.17, 15) is 4.39 Å². The normalized spacial score (nSPS) is 18.9. The first-order chi connectivity index (χ1) is 7.65. The van der Waals surface area contributed by atoms with Gasteiger partial charge in [-0.2, -0.15) is 0 Å². The summed E-state index contributed by atoms with van der Waals surface area (Å²) in [6.07, 6.45) is 2.00. The molecule has 1 saturated heterocycles. The average molecular weight is 224 g/mol. The monoisotopic (exact) mass is 224 g/mol. The zero-order valence-corrected chi connectivity index (χ0v) is 9.19. The first-order valence-electron chi connectivity index (χ1n) is 5.60. The second-order valence-corrected chi connectivity index (χ2v) is 4.40. The lowest BCUT2D eigenvalue weighted by Gasteiger charge is -2.30. The second kappa shape index (κ2) is 4.80. The van der Waals surface area contributed by atoms with Gasteiger partial charge < -0.3 is 10.8 Å². The minimum Gasteiger partial charge on any atom is -0.505 e. The number of nitrogens with zero attached hydrogens (tertiary/aromatic N) is 1. The summed E-state index contributed by atoms with van der Waals surface area (Å²) in [6.45, 7) is 2.65. The summed E-state index contributed by atoms with van der Waals surface area (Å²) in [4.78, 5) is 2.26. The molecule has 0 spiro atoms. The molecule has 2 rings (SSSR count). The highest BCUT2D eigenvalue weighted by Gasteiger charge is 2.16. The lowest BCUT2D eigenvalue weighted by atomic mass is 10.1. The van der Waals surface area contributed by atoms with Crippen molar-refractivity contribution in [3.8, 4) is 5.75 Å². The van der Waals surface area contributed by atoms with Crippen molar-refractivity contribution in [2.24, 2.45) is 5.73 Å². The van der Waals surface area contributed by atoms with Crippen LogP contribution in [0.15, 0.2) is 18.2 Å². The van der Waals surface area contributed by atoms with Crippen molar-refractivity contribution in [2.45, 2.75) is 25.4 Å². The Balaban J connectivity index is 1.96. The van der Waals surface area contributed by atoms with Crippen LogP contribution in [0.4, 0.5) is 4.39 Å². The van der Waals surface area contributed by atoms with Gasteiger partial charge in [-0.1, -0.05) is 6.07 Å². The summed E-state index contributed by atoms with van der Waals surface area (Å²) < 4.78 is 13.1. The molecule has 0 unspecified atom stereocenters. The number of piperidine rings is 1. The third-order valence-corrected chi connectivity index (χ3v) is 3.05. The van der Waals surface area contributed by atoms with Gasteiger partial charge in [-0.25, -0.2) is 4.39 Å². The van der Waals surface area contributed by atoms with Crippen molar-refractivity contribution >= 4 is 0 Å². The third-order valence-electron chi connectivity index (χ3n) is 3.05. The highest BCUT2D eigenvalue weighted by Crippen LogP contribution is 2.18. The number of hydrogen-bond donors (Lipinski definition) is 2. The van der Waals surface area contributed by atoms with Crippen LogP contribution in [0.1, 0.15) is 18.4 Å². The van der Waals surface area contributed by atoms with Crippen LogP contribution in [0, 0.1) is 5.82 Å². The average Bonchev–Trinajstić information content (AvgIpc) is 2.27. The number of halogens is 1. The molecular formula is C12H17FN2O. The summed E-state index contributed by atoms with van der Waals surface area (Å²) in [7, 11) is 0. The molecule has 1 fully saturated rings. The number of hydrogen-bond acceptors (Lipinski definition) is 3. The summed E-state index contributed by atoms with van der Waals surface area (Å²) >= 11 is 0. The van der Waals surface area contributed by atoms with E-state index in [-0.39, 0.29) is 5.75 Å². The lowest BCUT2D eigenvalue weighted by molar-refractivity contribution is 0.205. The molecule has 1 aromatic rings. The molecule has 0 amide bonds. The molecule has 1 aliphatic heterocycles. The SMILES string of the molecule is NC1CCN(Cc2ccc(O)c(F)c2)CC1. The highest BCUT2D eigenvalue weighted by molar-refractivity contribution is 5.27. The van der Waals surface area contributed by atoms with Crippen LogP contribution >= 0.6 is 0 Å². The smallest absolute Gasteiger partial charge is 0.165 e. The standard InChI is InChI=1S/C12H17FN2O/c13-11-7-9(1-2-12(11)16)8-15-5-3-10(14)4-6-15/h1-2,7,10,16H,3-6,8,14H2. The van der Waals surface area contributed by atoms with Gasteiger partial charge in [-0.05, 0) is 43.6 Å². The van der Waals surface area contributed by atoms with Crippen molar-refractivity contribution in [2.75, 3.05) is 13.1 Å². The van der Waals surface area contributed by atoms with Gasteiger partial charge in [0.25, 0.3) is 0 Å². The van der Waals surface area contributed by atoms with Gasteiger partial charge in [0.15, 0.2) is 11.6 Å². The second-order valence-electron chi connectivity index (χ2n) is 4.40. The molecule has 0 aliphatic carbocycles. The van der Waals surface area contributed by atoms with E-state index in [4.69, 9.17) is 10.8 Å². The molecule has 88 valence electrons. The fourth-order valence-electron chi connectivity index (χ4n) is 2.02. The van der Waals surface area contributed by atoms with Gasteiger partial charge in [0.05, 0.1) is 0 Å². The van der Waals surface area contributed by atoms with Crippen LogP contribution in [0.5, 0.6) is 5.75 Å². The van der Waals surface area contributed by atoms with E-state index in [1.807, 2.05) is 0 Å². The Hall–Kier alpha value is -1.13. The van der Waals surface area contributed by atoms with E-state index < -0.39 is 5.82 Å². The van der Waals surface area contributed by atoms with E-state index in [2.05, 4.69) is 4.90 Å². The predicted molar refractivity (Wildman–Crippen MR) is 60.6 cm³/mol. The van der Waals surface area contributed by atoms with E-state index in [1.54, 1.807) is 6.07 Å². The molecule has 0 bridgehead atoms. The molecular weight excluding hydrogens is 207 g/mol. The molecule has 1 aliphatic rings. The van der Waals surface area contributed by atoms with Gasteiger partial charge >= 0.3 is 0 Å². The third kappa shape index (κ3) is 2.71. The number of benzene rings is 1. The van der Waals surface area contributed by atoms with E-state index in [0.29, 0.717) is 6.04 Å². The van der Waals surface area contributed by atoms with Crippen LogP contribution in [0.25, 0.3) is 0 Å². The van der Waals surface area contributed by atoms with Crippen LogP contribution in [-0.4, -0.2) is 29.1 Å². The first kappa shape index (κ1) is 11.4. The zero-order chi connectivity index (χ0) is 11.5. The Morgan fingerprint density at radius 2 is 2.06 bits per heavy atom. The maximum absolute atomic E-state index is 13.1. The van der Waals surface area contributed by atoms with Crippen molar-refractivity contribution in [3.05, 3.63) is 29.6 Å². The molecule has 3 nitrogen and oxygen atoms in total. The topological polar surface area (TPSA) is 49.5 Å². The van der Waals surface area contributed by atoms with Crippen molar-refractivity contribution in [3.63, 3.8) is 0 Å². The van der Waals surface area contributed by atoms with Crippen molar-refractivity contribution in [1.29, 1.82) is 0 Å². The van der Waals surface area contributed by atoms with Gasteiger partial charge in [0, 0.05) is 12.6 Å². The molecule has 1 aromatic carbocycles. The summed E-state index contributed by atoms with van der Waals surface area (Å²) in [5, 5.41) is 9.08. The number of rotatable bonds is 2. The molecule has 0 atom stereocenters. The largest absolute Gasteiger partial charge is 0.505 e. The predicted octanol–water partition coefficient (Wildman–Crippen LogP) is 1.45. The van der Waals surface area contributed by atoms with E-state index >= 15 is 0 Å². The number of aromatic hydroxyl groups is 1. The maximum Gasteiger partial charge on any atom is 0.165 e. The highest BCUT2D eigenvalue weighted by atomic mass is 19.1. The molecule has 1 heterocycles. The van der Waals surface area contributed by atoms with Gasteiger partial charge in [-0.15, -0.1) is 0 Å². The Morgan fingerprint density at radius 1 is 1.38 bits per heavy atom. The van der Waals surface area contributed by atoms with Crippen LogP contribution in [0.2, 0.25) is 0 Å². The minimum absolute atomic E-state index is 0.288. The van der Waals surface area contributed by atoms with Gasteiger partial charge in [-0.3, -0.25) is 4.90 Å². The van der Waals surface area contributed by atoms with E-state index in [0.717, 1.165) is 38.0 Å². The lowest BCUT2D eigenvalue weighted by Crippen LogP contribution is -2.39. The quantitative estimate of drug-likeness (QED) is 0.799. The fraction of sp³-hybridized carbons (Fsp3) is 0.500. The summed E-state index contributed by atoms with van der Waals surface area (Å²) in [6, 6.07) is 4.87. The Labute approximate surface area is 94.7 Å². The first-order valence-corrected chi connectivity index (χ1v) is 5.60.